The molecule has 5 aromatic rings. The molecule has 36 heavy (non-hydrogen) atoms. The van der Waals surface area contributed by atoms with Crippen LogP contribution in [0, 0.1) is 6.92 Å². The first kappa shape index (κ1) is 21.9. The predicted octanol–water partition coefficient (Wildman–Crippen LogP) is 6.19. The van der Waals surface area contributed by atoms with Gasteiger partial charge in [0, 0.05) is 41.4 Å². The molecule has 4 heterocycles. The maximum atomic E-state index is 13.3. The van der Waals surface area contributed by atoms with Gasteiger partial charge >= 0.3 is 0 Å². The monoisotopic (exact) mass is 475 g/mol. The number of amides is 1. The van der Waals surface area contributed by atoms with Crippen LogP contribution in [0.4, 0.5) is 11.5 Å². The van der Waals surface area contributed by atoms with Crippen LogP contribution in [0.2, 0.25) is 0 Å². The van der Waals surface area contributed by atoms with Gasteiger partial charge in [-0.15, -0.1) is 0 Å². The number of ether oxygens (including phenoxy) is 1. The number of carbonyl (C=O) groups is 1. The van der Waals surface area contributed by atoms with E-state index in [1.165, 1.54) is 6.42 Å². The number of hydrogen-bond donors (Lipinski definition) is 2. The fourth-order valence-electron chi connectivity index (χ4n) is 4.44. The number of aromatic amines is 1. The molecular weight excluding hydrogens is 450 g/mol. The summed E-state index contributed by atoms with van der Waals surface area (Å²) in [7, 11) is 0. The Hall–Kier alpha value is -4.65. The number of para-hydroxylation sites is 1. The minimum atomic E-state index is -0.173. The molecule has 1 saturated heterocycles. The lowest BCUT2D eigenvalue weighted by Gasteiger charge is -2.31. The van der Waals surface area contributed by atoms with Crippen molar-refractivity contribution in [3.8, 4) is 22.6 Å². The number of benzene rings is 2. The van der Waals surface area contributed by atoms with E-state index in [2.05, 4.69) is 25.2 Å². The number of aromatic nitrogens is 3. The van der Waals surface area contributed by atoms with Crippen LogP contribution in [-0.2, 0) is 0 Å². The summed E-state index contributed by atoms with van der Waals surface area (Å²) < 4.78 is 5.95. The van der Waals surface area contributed by atoms with Gasteiger partial charge in [-0.2, -0.15) is 0 Å². The molecular formula is C29H25N5O2. The van der Waals surface area contributed by atoms with Crippen LogP contribution in [0.5, 0.6) is 11.5 Å². The van der Waals surface area contributed by atoms with Crippen molar-refractivity contribution in [1.82, 2.24) is 15.0 Å². The Morgan fingerprint density at radius 1 is 0.944 bits per heavy atom. The summed E-state index contributed by atoms with van der Waals surface area (Å²) in [4.78, 5) is 27.7. The molecule has 7 heteroatoms. The lowest BCUT2D eigenvalue weighted by Crippen LogP contribution is -2.37. The number of anilines is 2. The largest absolute Gasteiger partial charge is 0.456 e. The van der Waals surface area contributed by atoms with E-state index in [1.54, 1.807) is 18.6 Å². The topological polar surface area (TPSA) is 83.1 Å². The third kappa shape index (κ3) is 4.27. The molecule has 1 fully saturated rings. The molecule has 0 aliphatic carbocycles. The second-order valence-electron chi connectivity index (χ2n) is 8.91. The van der Waals surface area contributed by atoms with Crippen LogP contribution in [-0.4, -0.2) is 33.9 Å². The predicted molar refractivity (Wildman–Crippen MR) is 142 cm³/mol. The van der Waals surface area contributed by atoms with Crippen molar-refractivity contribution in [3.63, 3.8) is 0 Å². The molecule has 3 aromatic heterocycles. The molecule has 0 saturated carbocycles. The smallest absolute Gasteiger partial charge is 0.258 e. The number of H-pyrrole nitrogens is 1. The fraction of sp³-hybridized carbons (Fsp3) is 0.138. The van der Waals surface area contributed by atoms with Crippen LogP contribution in [0.25, 0.3) is 22.0 Å². The standard InChI is InChI=1S/C29H25N5O2/c1-19-28(29(35)33-22-9-11-27(31-17-22)34-12-5-13-34)25-15-20(8-10-26(25)32-19)21-14-24(18-30-16-21)36-23-6-3-2-4-7-23/h2-4,6-11,14-18,32H,5,12-13H2,1H3,(H,33,35). The van der Waals surface area contributed by atoms with Crippen LogP contribution in [0.3, 0.4) is 0 Å². The summed E-state index contributed by atoms with van der Waals surface area (Å²) in [6.07, 6.45) is 6.40. The van der Waals surface area contributed by atoms with Crippen molar-refractivity contribution >= 4 is 28.3 Å². The highest BCUT2D eigenvalue weighted by Crippen LogP contribution is 2.31. The molecule has 1 amide bonds. The number of hydrogen-bond acceptors (Lipinski definition) is 5. The van der Waals surface area contributed by atoms with E-state index in [0.717, 1.165) is 52.4 Å². The Bertz CT molecular complexity index is 1540. The number of nitrogens with one attached hydrogen (secondary N) is 2. The van der Waals surface area contributed by atoms with Gasteiger partial charge in [0.15, 0.2) is 0 Å². The van der Waals surface area contributed by atoms with Crippen LogP contribution >= 0.6 is 0 Å². The summed E-state index contributed by atoms with van der Waals surface area (Å²) in [5.41, 5.74) is 4.84. The van der Waals surface area contributed by atoms with Crippen molar-refractivity contribution in [2.75, 3.05) is 23.3 Å². The molecule has 1 aliphatic rings. The van der Waals surface area contributed by atoms with Crippen LogP contribution in [0.1, 0.15) is 22.5 Å². The fourth-order valence-corrected chi connectivity index (χ4v) is 4.44. The average molecular weight is 476 g/mol. The first-order valence-corrected chi connectivity index (χ1v) is 12.0. The van der Waals surface area contributed by atoms with E-state index in [-0.39, 0.29) is 5.91 Å². The van der Waals surface area contributed by atoms with Crippen LogP contribution < -0.4 is 15.0 Å². The Morgan fingerprint density at radius 3 is 2.56 bits per heavy atom. The molecule has 0 unspecified atom stereocenters. The van der Waals surface area contributed by atoms with Gasteiger partial charge in [0.2, 0.25) is 0 Å². The SMILES string of the molecule is Cc1[nH]c2ccc(-c3cncc(Oc4ccccc4)c3)cc2c1C(=O)Nc1ccc(N2CCC2)nc1. The van der Waals surface area contributed by atoms with Crippen LogP contribution in [0.15, 0.2) is 85.3 Å². The summed E-state index contributed by atoms with van der Waals surface area (Å²) in [6, 6.07) is 21.4. The van der Waals surface area contributed by atoms with Crippen molar-refractivity contribution in [2.24, 2.45) is 0 Å². The zero-order chi connectivity index (χ0) is 24.5. The Morgan fingerprint density at radius 2 is 1.81 bits per heavy atom. The number of fused-ring (bicyclic) bond motifs is 1. The number of carbonyl (C=O) groups excluding carboxylic acids is 1. The summed E-state index contributed by atoms with van der Waals surface area (Å²) in [6.45, 7) is 3.98. The van der Waals surface area contributed by atoms with Crippen molar-refractivity contribution in [1.29, 1.82) is 0 Å². The highest BCUT2D eigenvalue weighted by atomic mass is 16.5. The molecule has 0 radical (unpaired) electrons. The zero-order valence-corrected chi connectivity index (χ0v) is 19.9. The Balaban J connectivity index is 1.27. The van der Waals surface area contributed by atoms with Gasteiger partial charge in [-0.25, -0.2) is 4.98 Å². The lowest BCUT2D eigenvalue weighted by molar-refractivity contribution is 0.102. The molecule has 1 aliphatic heterocycles. The quantitative estimate of drug-likeness (QED) is 0.306. The lowest BCUT2D eigenvalue weighted by atomic mass is 10.0. The molecule has 6 rings (SSSR count). The first-order valence-electron chi connectivity index (χ1n) is 12.0. The molecule has 0 bridgehead atoms. The first-order chi connectivity index (χ1) is 17.6. The maximum Gasteiger partial charge on any atom is 0.258 e. The van der Waals surface area contributed by atoms with E-state index in [0.29, 0.717) is 17.0 Å². The van der Waals surface area contributed by atoms with Gasteiger partial charge in [-0.05, 0) is 61.4 Å². The normalized spacial score (nSPS) is 12.9. The molecule has 0 atom stereocenters. The Kier molecular flexibility index (Phi) is 5.58. The van der Waals surface area contributed by atoms with Gasteiger partial charge in [0.05, 0.1) is 23.6 Å². The second kappa shape index (κ2) is 9.19. The third-order valence-corrected chi connectivity index (χ3v) is 6.42. The summed E-state index contributed by atoms with van der Waals surface area (Å²) in [5.74, 6) is 2.17. The minimum Gasteiger partial charge on any atom is -0.456 e. The molecule has 7 nitrogen and oxygen atoms in total. The third-order valence-electron chi connectivity index (χ3n) is 6.42. The van der Waals surface area contributed by atoms with Gasteiger partial charge < -0.3 is 19.9 Å². The number of nitrogens with zero attached hydrogens (tertiary/aromatic N) is 3. The van der Waals surface area contributed by atoms with Gasteiger partial charge in [0.25, 0.3) is 5.91 Å². The van der Waals surface area contributed by atoms with E-state index in [1.807, 2.05) is 73.7 Å². The highest BCUT2D eigenvalue weighted by molar-refractivity contribution is 6.14. The van der Waals surface area contributed by atoms with Crippen molar-refractivity contribution < 1.29 is 9.53 Å². The molecule has 2 N–H and O–H groups in total. The minimum absolute atomic E-state index is 0.173. The van der Waals surface area contributed by atoms with E-state index in [9.17, 15) is 4.79 Å². The Labute approximate surface area is 208 Å². The highest BCUT2D eigenvalue weighted by Gasteiger charge is 2.19. The van der Waals surface area contributed by atoms with Crippen molar-refractivity contribution in [2.45, 2.75) is 13.3 Å². The van der Waals surface area contributed by atoms with Crippen molar-refractivity contribution in [3.05, 3.63) is 96.6 Å². The molecule has 2 aromatic carbocycles. The van der Waals surface area contributed by atoms with Gasteiger partial charge in [-0.1, -0.05) is 24.3 Å². The molecule has 0 spiro atoms. The number of pyridine rings is 2. The average Bonchev–Trinajstić information content (AvgIpc) is 3.20. The maximum absolute atomic E-state index is 13.3. The van der Waals surface area contributed by atoms with Gasteiger partial charge in [-0.3, -0.25) is 9.78 Å². The number of aryl methyl sites for hydroxylation is 1. The zero-order valence-electron chi connectivity index (χ0n) is 19.9. The van der Waals surface area contributed by atoms with Gasteiger partial charge in [0.1, 0.15) is 17.3 Å². The summed E-state index contributed by atoms with van der Waals surface area (Å²) in [5, 5.41) is 3.85. The summed E-state index contributed by atoms with van der Waals surface area (Å²) >= 11 is 0. The van der Waals surface area contributed by atoms with E-state index >= 15 is 0 Å². The number of rotatable bonds is 6. The van der Waals surface area contributed by atoms with E-state index in [4.69, 9.17) is 4.74 Å². The van der Waals surface area contributed by atoms with E-state index < -0.39 is 0 Å². The second-order valence-corrected chi connectivity index (χ2v) is 8.91. The molecule has 178 valence electrons.